The van der Waals surface area contributed by atoms with E-state index in [0.29, 0.717) is 12.1 Å². The number of halogens is 1. The Morgan fingerprint density at radius 2 is 2.00 bits per heavy atom. The zero-order valence-electron chi connectivity index (χ0n) is 13.0. The molecule has 2 atom stereocenters. The van der Waals surface area contributed by atoms with Crippen LogP contribution in [-0.4, -0.2) is 23.5 Å². The first kappa shape index (κ1) is 15.5. The first-order valence-corrected chi connectivity index (χ1v) is 8.50. The van der Waals surface area contributed by atoms with Gasteiger partial charge in [-0.3, -0.25) is 4.90 Å². The van der Waals surface area contributed by atoms with Crippen molar-refractivity contribution in [1.82, 2.24) is 9.88 Å². The van der Waals surface area contributed by atoms with Crippen molar-refractivity contribution in [2.75, 3.05) is 13.7 Å². The van der Waals surface area contributed by atoms with Gasteiger partial charge in [0, 0.05) is 6.04 Å². The normalized spacial score (nSPS) is 20.0. The monoisotopic (exact) mass is 360 g/mol. The van der Waals surface area contributed by atoms with Gasteiger partial charge in [0.15, 0.2) is 0 Å². The second-order valence-electron chi connectivity index (χ2n) is 5.73. The standard InChI is InChI=1S/C18H21BrN2O/c1-13(14-8-10-15(22-2)11-9-14)21-12-4-6-17(21)16-5-3-7-18(19)20-16/h3,5,7-11,13,17H,4,6,12H2,1-2H3/t13?,17-/m1/s1. The van der Waals surface area contributed by atoms with Crippen LogP contribution in [0.1, 0.15) is 43.1 Å². The number of likely N-dealkylation sites (tertiary alicyclic amines) is 1. The van der Waals surface area contributed by atoms with Gasteiger partial charge in [-0.15, -0.1) is 0 Å². The first-order valence-electron chi connectivity index (χ1n) is 7.71. The van der Waals surface area contributed by atoms with Crippen molar-refractivity contribution in [3.8, 4) is 5.75 Å². The van der Waals surface area contributed by atoms with Gasteiger partial charge in [-0.1, -0.05) is 18.2 Å². The minimum absolute atomic E-state index is 0.374. The first-order chi connectivity index (χ1) is 10.7. The summed E-state index contributed by atoms with van der Waals surface area (Å²) in [5, 5.41) is 0. The molecule has 0 bridgehead atoms. The molecule has 22 heavy (non-hydrogen) atoms. The molecule has 3 nitrogen and oxygen atoms in total. The van der Waals surface area contributed by atoms with Crippen LogP contribution in [0.25, 0.3) is 0 Å². The van der Waals surface area contributed by atoms with Gasteiger partial charge in [0.05, 0.1) is 18.8 Å². The van der Waals surface area contributed by atoms with Crippen molar-refractivity contribution in [3.05, 3.63) is 58.3 Å². The van der Waals surface area contributed by atoms with Crippen molar-refractivity contribution in [1.29, 1.82) is 0 Å². The van der Waals surface area contributed by atoms with Crippen LogP contribution in [-0.2, 0) is 0 Å². The Balaban J connectivity index is 1.82. The number of hydrogen-bond donors (Lipinski definition) is 0. The Morgan fingerprint density at radius 3 is 2.68 bits per heavy atom. The van der Waals surface area contributed by atoms with Crippen LogP contribution < -0.4 is 4.74 Å². The predicted molar refractivity (Wildman–Crippen MR) is 92.0 cm³/mol. The molecule has 2 heterocycles. The number of benzene rings is 1. The predicted octanol–water partition coefficient (Wildman–Crippen LogP) is 4.75. The Labute approximate surface area is 140 Å². The Hall–Kier alpha value is -1.39. The second kappa shape index (κ2) is 6.80. The summed E-state index contributed by atoms with van der Waals surface area (Å²) in [6, 6.07) is 15.3. The molecule has 0 amide bonds. The largest absolute Gasteiger partial charge is 0.497 e. The van der Waals surface area contributed by atoms with Crippen LogP contribution >= 0.6 is 15.9 Å². The molecule has 0 aliphatic carbocycles. The van der Waals surface area contributed by atoms with E-state index in [2.05, 4.69) is 57.0 Å². The van der Waals surface area contributed by atoms with Gasteiger partial charge in [0.2, 0.25) is 0 Å². The quantitative estimate of drug-likeness (QED) is 0.735. The van der Waals surface area contributed by atoms with E-state index >= 15 is 0 Å². The van der Waals surface area contributed by atoms with Crippen molar-refractivity contribution >= 4 is 15.9 Å². The molecule has 116 valence electrons. The summed E-state index contributed by atoms with van der Waals surface area (Å²) in [6.07, 6.45) is 2.39. The van der Waals surface area contributed by atoms with Crippen molar-refractivity contribution in [2.45, 2.75) is 31.8 Å². The maximum absolute atomic E-state index is 5.25. The lowest BCUT2D eigenvalue weighted by Crippen LogP contribution is -2.27. The van der Waals surface area contributed by atoms with Crippen LogP contribution in [0.5, 0.6) is 5.75 Å². The zero-order chi connectivity index (χ0) is 15.5. The maximum atomic E-state index is 5.25. The second-order valence-corrected chi connectivity index (χ2v) is 6.54. The van der Waals surface area contributed by atoms with E-state index in [1.807, 2.05) is 18.2 Å². The number of nitrogens with zero attached hydrogens (tertiary/aromatic N) is 2. The Morgan fingerprint density at radius 1 is 1.23 bits per heavy atom. The van der Waals surface area contributed by atoms with Crippen molar-refractivity contribution in [3.63, 3.8) is 0 Å². The number of ether oxygens (including phenoxy) is 1. The van der Waals surface area contributed by atoms with Crippen molar-refractivity contribution < 1.29 is 4.74 Å². The summed E-state index contributed by atoms with van der Waals surface area (Å²) in [4.78, 5) is 7.22. The third-order valence-electron chi connectivity index (χ3n) is 4.47. The number of aromatic nitrogens is 1. The highest BCUT2D eigenvalue weighted by Gasteiger charge is 2.31. The van der Waals surface area contributed by atoms with Gasteiger partial charge in [-0.25, -0.2) is 4.98 Å². The van der Waals surface area contributed by atoms with E-state index in [1.54, 1.807) is 7.11 Å². The van der Waals surface area contributed by atoms with Crippen LogP contribution in [0.15, 0.2) is 47.1 Å². The number of rotatable bonds is 4. The van der Waals surface area contributed by atoms with Crippen molar-refractivity contribution in [2.24, 2.45) is 0 Å². The fraction of sp³-hybridized carbons (Fsp3) is 0.389. The van der Waals surface area contributed by atoms with Crippen LogP contribution in [0.4, 0.5) is 0 Å². The van der Waals surface area contributed by atoms with Gasteiger partial charge in [0.1, 0.15) is 10.4 Å². The summed E-state index contributed by atoms with van der Waals surface area (Å²) >= 11 is 3.48. The number of methoxy groups -OCH3 is 1. The molecular weight excluding hydrogens is 340 g/mol. The fourth-order valence-electron chi connectivity index (χ4n) is 3.25. The van der Waals surface area contributed by atoms with E-state index in [-0.39, 0.29) is 0 Å². The van der Waals surface area contributed by atoms with Gasteiger partial charge in [-0.05, 0) is 72.1 Å². The van der Waals surface area contributed by atoms with Crippen LogP contribution in [0.3, 0.4) is 0 Å². The molecule has 2 aromatic rings. The van der Waals surface area contributed by atoms with Crippen LogP contribution in [0.2, 0.25) is 0 Å². The van der Waals surface area contributed by atoms with Crippen LogP contribution in [0, 0.1) is 0 Å². The molecular formula is C18H21BrN2O. The minimum Gasteiger partial charge on any atom is -0.497 e. The molecule has 1 fully saturated rings. The molecule has 0 N–H and O–H groups in total. The summed E-state index contributed by atoms with van der Waals surface area (Å²) in [6.45, 7) is 3.39. The highest BCUT2D eigenvalue weighted by Crippen LogP contribution is 2.38. The van der Waals surface area contributed by atoms with E-state index in [9.17, 15) is 0 Å². The molecule has 1 aromatic heterocycles. The van der Waals surface area contributed by atoms with E-state index < -0.39 is 0 Å². The van der Waals surface area contributed by atoms with Gasteiger partial charge in [0.25, 0.3) is 0 Å². The Bertz CT molecular complexity index is 629. The number of hydrogen-bond acceptors (Lipinski definition) is 3. The minimum atomic E-state index is 0.374. The molecule has 0 spiro atoms. The highest BCUT2D eigenvalue weighted by atomic mass is 79.9. The average Bonchev–Trinajstić information content (AvgIpc) is 3.04. The van der Waals surface area contributed by atoms with Gasteiger partial charge >= 0.3 is 0 Å². The van der Waals surface area contributed by atoms with Gasteiger partial charge < -0.3 is 4.74 Å². The van der Waals surface area contributed by atoms with E-state index in [4.69, 9.17) is 4.74 Å². The molecule has 3 rings (SSSR count). The Kier molecular flexibility index (Phi) is 4.79. The van der Waals surface area contributed by atoms with E-state index in [0.717, 1.165) is 22.6 Å². The summed E-state index contributed by atoms with van der Waals surface area (Å²) in [7, 11) is 1.70. The summed E-state index contributed by atoms with van der Waals surface area (Å²) in [5.74, 6) is 0.905. The lowest BCUT2D eigenvalue weighted by Gasteiger charge is -2.30. The molecule has 1 aromatic carbocycles. The third-order valence-corrected chi connectivity index (χ3v) is 4.91. The average molecular weight is 361 g/mol. The lowest BCUT2D eigenvalue weighted by atomic mass is 10.0. The summed E-state index contributed by atoms with van der Waals surface area (Å²) < 4.78 is 6.16. The smallest absolute Gasteiger partial charge is 0.118 e. The fourth-order valence-corrected chi connectivity index (χ4v) is 3.61. The number of pyridine rings is 1. The highest BCUT2D eigenvalue weighted by molar-refractivity contribution is 9.10. The topological polar surface area (TPSA) is 25.4 Å². The molecule has 0 radical (unpaired) electrons. The summed E-state index contributed by atoms with van der Waals surface area (Å²) in [5.41, 5.74) is 2.48. The molecule has 1 aliphatic rings. The lowest BCUT2D eigenvalue weighted by molar-refractivity contribution is 0.191. The van der Waals surface area contributed by atoms with E-state index in [1.165, 1.54) is 18.4 Å². The van der Waals surface area contributed by atoms with Gasteiger partial charge in [-0.2, -0.15) is 0 Å². The molecule has 1 saturated heterocycles. The maximum Gasteiger partial charge on any atom is 0.118 e. The molecule has 1 unspecified atom stereocenters. The zero-order valence-corrected chi connectivity index (χ0v) is 14.6. The molecule has 4 heteroatoms. The molecule has 0 saturated carbocycles. The molecule has 1 aliphatic heterocycles. The SMILES string of the molecule is COc1ccc(C(C)N2CCC[C@@H]2c2cccc(Br)n2)cc1. The third kappa shape index (κ3) is 3.18.